The van der Waals surface area contributed by atoms with Gasteiger partial charge in [0.1, 0.15) is 0 Å². The van der Waals surface area contributed by atoms with E-state index in [0.717, 1.165) is 23.9 Å². The number of nitrogens with two attached hydrogens (primary N) is 1. The standard InChI is InChI=1S/C15H21N3S/c1-4-18(15-17-11(2)12(3)19-15)10-14-8-6-5-7-13(14)9-16/h5-8H,4,9-10,16H2,1-3H3. The lowest BCUT2D eigenvalue weighted by Gasteiger charge is -2.21. The molecule has 0 saturated heterocycles. The third-order valence-electron chi connectivity index (χ3n) is 3.37. The molecule has 3 nitrogen and oxygen atoms in total. The van der Waals surface area contributed by atoms with Crippen LogP contribution in [0.4, 0.5) is 5.13 Å². The molecule has 4 heteroatoms. The number of benzene rings is 1. The number of anilines is 1. The van der Waals surface area contributed by atoms with Crippen molar-refractivity contribution in [2.75, 3.05) is 11.4 Å². The van der Waals surface area contributed by atoms with Crippen LogP contribution in [0.2, 0.25) is 0 Å². The third kappa shape index (κ3) is 3.14. The molecular weight excluding hydrogens is 254 g/mol. The summed E-state index contributed by atoms with van der Waals surface area (Å²) in [4.78, 5) is 8.24. The van der Waals surface area contributed by atoms with Gasteiger partial charge in [0.25, 0.3) is 0 Å². The van der Waals surface area contributed by atoms with Gasteiger partial charge >= 0.3 is 0 Å². The first-order valence-corrected chi connectivity index (χ1v) is 7.43. The Morgan fingerprint density at radius 2 is 1.89 bits per heavy atom. The van der Waals surface area contributed by atoms with E-state index in [0.29, 0.717) is 6.54 Å². The maximum absolute atomic E-state index is 5.80. The van der Waals surface area contributed by atoms with Crippen LogP contribution >= 0.6 is 11.3 Å². The Labute approximate surface area is 119 Å². The van der Waals surface area contributed by atoms with Crippen molar-refractivity contribution in [1.82, 2.24) is 4.98 Å². The zero-order chi connectivity index (χ0) is 13.8. The minimum absolute atomic E-state index is 0.587. The molecule has 0 aliphatic rings. The van der Waals surface area contributed by atoms with Gasteiger partial charge < -0.3 is 10.6 Å². The predicted octanol–water partition coefficient (Wildman–Crippen LogP) is 3.25. The maximum Gasteiger partial charge on any atom is 0.186 e. The quantitative estimate of drug-likeness (QED) is 0.911. The van der Waals surface area contributed by atoms with Crippen molar-refractivity contribution in [2.45, 2.75) is 33.9 Å². The van der Waals surface area contributed by atoms with E-state index in [9.17, 15) is 0 Å². The van der Waals surface area contributed by atoms with E-state index < -0.39 is 0 Å². The molecule has 1 aromatic carbocycles. The fourth-order valence-corrected chi connectivity index (χ4v) is 2.99. The maximum atomic E-state index is 5.80. The summed E-state index contributed by atoms with van der Waals surface area (Å²) < 4.78 is 0. The van der Waals surface area contributed by atoms with Gasteiger partial charge in [-0.2, -0.15) is 0 Å². The molecule has 102 valence electrons. The summed E-state index contributed by atoms with van der Waals surface area (Å²) in [6.07, 6.45) is 0. The predicted molar refractivity (Wildman–Crippen MR) is 82.6 cm³/mol. The molecule has 0 fully saturated rings. The molecule has 0 saturated carbocycles. The smallest absolute Gasteiger partial charge is 0.186 e. The third-order valence-corrected chi connectivity index (χ3v) is 4.50. The molecule has 1 heterocycles. The summed E-state index contributed by atoms with van der Waals surface area (Å²) >= 11 is 1.76. The van der Waals surface area contributed by atoms with E-state index in [4.69, 9.17) is 5.73 Å². The molecule has 19 heavy (non-hydrogen) atoms. The van der Waals surface area contributed by atoms with Gasteiger partial charge in [-0.05, 0) is 31.9 Å². The SMILES string of the molecule is CCN(Cc1ccccc1CN)c1nc(C)c(C)s1. The second-order valence-corrected chi connectivity index (χ2v) is 5.81. The monoisotopic (exact) mass is 275 g/mol. The second kappa shape index (κ2) is 6.17. The van der Waals surface area contributed by atoms with Gasteiger partial charge in [-0.25, -0.2) is 4.98 Å². The minimum Gasteiger partial charge on any atom is -0.344 e. The Morgan fingerprint density at radius 3 is 2.42 bits per heavy atom. The molecule has 2 aromatic rings. The van der Waals surface area contributed by atoms with Crippen molar-refractivity contribution in [3.8, 4) is 0 Å². The van der Waals surface area contributed by atoms with E-state index in [-0.39, 0.29) is 0 Å². The summed E-state index contributed by atoms with van der Waals surface area (Å²) in [7, 11) is 0. The van der Waals surface area contributed by atoms with Gasteiger partial charge in [-0.1, -0.05) is 24.3 Å². The number of thiazole rings is 1. The number of aromatic nitrogens is 1. The molecule has 1 aromatic heterocycles. The fraction of sp³-hybridized carbons (Fsp3) is 0.400. The first kappa shape index (κ1) is 14.0. The number of nitrogens with zero attached hydrogens (tertiary/aromatic N) is 2. The van der Waals surface area contributed by atoms with Gasteiger partial charge in [0.15, 0.2) is 5.13 Å². The van der Waals surface area contributed by atoms with Crippen molar-refractivity contribution >= 4 is 16.5 Å². The fourth-order valence-electron chi connectivity index (χ4n) is 2.02. The van der Waals surface area contributed by atoms with Gasteiger partial charge in [0.2, 0.25) is 0 Å². The topological polar surface area (TPSA) is 42.1 Å². The zero-order valence-electron chi connectivity index (χ0n) is 11.8. The van der Waals surface area contributed by atoms with Gasteiger partial charge in [-0.3, -0.25) is 0 Å². The van der Waals surface area contributed by atoms with Crippen LogP contribution in [0.1, 0.15) is 28.6 Å². The van der Waals surface area contributed by atoms with Crippen LogP contribution in [-0.2, 0) is 13.1 Å². The molecule has 2 N–H and O–H groups in total. The summed E-state index contributed by atoms with van der Waals surface area (Å²) in [5, 5.41) is 1.10. The normalized spacial score (nSPS) is 10.7. The first-order chi connectivity index (χ1) is 9.15. The van der Waals surface area contributed by atoms with Gasteiger partial charge in [0.05, 0.1) is 5.69 Å². The molecule has 0 aliphatic carbocycles. The van der Waals surface area contributed by atoms with E-state index in [1.54, 1.807) is 11.3 Å². The number of rotatable bonds is 5. The molecule has 0 bridgehead atoms. The van der Waals surface area contributed by atoms with Gasteiger partial charge in [-0.15, -0.1) is 11.3 Å². The average Bonchev–Trinajstić information content (AvgIpc) is 2.76. The molecule has 2 rings (SSSR count). The van der Waals surface area contributed by atoms with E-state index in [2.05, 4.69) is 48.9 Å². The second-order valence-electron chi connectivity index (χ2n) is 4.63. The summed E-state index contributed by atoms with van der Waals surface area (Å²) in [6.45, 7) is 8.76. The first-order valence-electron chi connectivity index (χ1n) is 6.61. The summed E-state index contributed by atoms with van der Waals surface area (Å²) in [6, 6.07) is 8.36. The van der Waals surface area contributed by atoms with Crippen LogP contribution in [-0.4, -0.2) is 11.5 Å². The number of hydrogen-bond acceptors (Lipinski definition) is 4. The molecule has 0 atom stereocenters. The Hall–Kier alpha value is -1.39. The summed E-state index contributed by atoms with van der Waals surface area (Å²) in [5.74, 6) is 0. The van der Waals surface area contributed by atoms with Gasteiger partial charge in [0, 0.05) is 24.5 Å². The van der Waals surface area contributed by atoms with E-state index in [1.807, 2.05) is 6.07 Å². The Balaban J connectivity index is 2.23. The minimum atomic E-state index is 0.587. The van der Waals surface area contributed by atoms with Crippen LogP contribution in [0.3, 0.4) is 0 Å². The lowest BCUT2D eigenvalue weighted by molar-refractivity contribution is 0.813. The molecule has 0 aliphatic heterocycles. The molecule has 0 radical (unpaired) electrons. The largest absolute Gasteiger partial charge is 0.344 e. The highest BCUT2D eigenvalue weighted by atomic mass is 32.1. The molecule has 0 spiro atoms. The van der Waals surface area contributed by atoms with Crippen molar-refractivity contribution in [1.29, 1.82) is 0 Å². The number of hydrogen-bond donors (Lipinski definition) is 1. The van der Waals surface area contributed by atoms with Crippen LogP contribution in [0.5, 0.6) is 0 Å². The van der Waals surface area contributed by atoms with Crippen LogP contribution in [0.15, 0.2) is 24.3 Å². The van der Waals surface area contributed by atoms with Crippen LogP contribution in [0, 0.1) is 13.8 Å². The summed E-state index contributed by atoms with van der Waals surface area (Å²) in [5.41, 5.74) is 9.44. The van der Waals surface area contributed by atoms with Crippen LogP contribution < -0.4 is 10.6 Å². The van der Waals surface area contributed by atoms with Crippen molar-refractivity contribution in [3.05, 3.63) is 46.0 Å². The number of aryl methyl sites for hydroxylation is 2. The molecule has 0 unspecified atom stereocenters. The zero-order valence-corrected chi connectivity index (χ0v) is 12.6. The lowest BCUT2D eigenvalue weighted by Crippen LogP contribution is -2.23. The van der Waals surface area contributed by atoms with Crippen molar-refractivity contribution in [3.63, 3.8) is 0 Å². The van der Waals surface area contributed by atoms with Crippen molar-refractivity contribution < 1.29 is 0 Å². The molecular formula is C15H21N3S. The van der Waals surface area contributed by atoms with Crippen molar-refractivity contribution in [2.24, 2.45) is 5.73 Å². The Morgan fingerprint density at radius 1 is 1.21 bits per heavy atom. The van der Waals surface area contributed by atoms with E-state index in [1.165, 1.54) is 16.0 Å². The highest BCUT2D eigenvalue weighted by Crippen LogP contribution is 2.26. The average molecular weight is 275 g/mol. The molecule has 0 amide bonds. The highest BCUT2D eigenvalue weighted by Gasteiger charge is 2.12. The Bertz CT molecular complexity index is 529. The highest BCUT2D eigenvalue weighted by molar-refractivity contribution is 7.15. The lowest BCUT2D eigenvalue weighted by atomic mass is 10.1. The van der Waals surface area contributed by atoms with Crippen LogP contribution in [0.25, 0.3) is 0 Å². The van der Waals surface area contributed by atoms with E-state index >= 15 is 0 Å². The Kier molecular flexibility index (Phi) is 4.56.